The molecule has 0 aromatic rings. The lowest BCUT2D eigenvalue weighted by Crippen LogP contribution is -2.51. The molecule has 1 spiro atoms. The molecule has 0 radical (unpaired) electrons. The van der Waals surface area contributed by atoms with E-state index in [0.29, 0.717) is 6.42 Å². The minimum absolute atomic E-state index is 0.144. The zero-order valence-electron chi connectivity index (χ0n) is 6.45. The van der Waals surface area contributed by atoms with Gasteiger partial charge in [-0.25, -0.2) is 0 Å². The number of allylic oxidation sites excluding steroid dienone is 2. The first-order chi connectivity index (χ1) is 5.74. The number of hydrogen-bond donors (Lipinski definition) is 0. The average Bonchev–Trinajstić information content (AvgIpc) is 2.21. The van der Waals surface area contributed by atoms with Gasteiger partial charge in [0.05, 0.1) is 11.3 Å². The average molecular weight is 164 g/mol. The molecule has 2 bridgehead atoms. The van der Waals surface area contributed by atoms with E-state index in [0.717, 1.165) is 6.42 Å². The SMILES string of the molecule is O=C1OC(=O)C23CC=C[C@H](C2)[C@H]13. The van der Waals surface area contributed by atoms with Crippen molar-refractivity contribution in [3.05, 3.63) is 12.2 Å². The molecule has 0 N–H and O–H groups in total. The van der Waals surface area contributed by atoms with Gasteiger partial charge in [-0.2, -0.15) is 0 Å². The van der Waals surface area contributed by atoms with Crippen molar-refractivity contribution in [2.75, 3.05) is 0 Å². The van der Waals surface area contributed by atoms with Crippen LogP contribution in [-0.2, 0) is 14.3 Å². The minimum atomic E-state index is -0.434. The summed E-state index contributed by atoms with van der Waals surface area (Å²) in [7, 11) is 0. The molecule has 1 heterocycles. The fraction of sp³-hybridized carbons (Fsp3) is 0.556. The lowest BCUT2D eigenvalue weighted by molar-refractivity contribution is -0.155. The van der Waals surface area contributed by atoms with E-state index in [-0.39, 0.29) is 23.8 Å². The number of rotatable bonds is 0. The molecule has 3 aliphatic rings. The number of esters is 2. The van der Waals surface area contributed by atoms with E-state index < -0.39 is 5.41 Å². The molecule has 2 fully saturated rings. The third kappa shape index (κ3) is 0.453. The zero-order valence-corrected chi connectivity index (χ0v) is 6.45. The summed E-state index contributed by atoms with van der Waals surface area (Å²) in [5.41, 5.74) is -0.434. The van der Waals surface area contributed by atoms with Crippen molar-refractivity contribution in [2.24, 2.45) is 17.3 Å². The Hall–Kier alpha value is -1.12. The molecule has 1 saturated carbocycles. The van der Waals surface area contributed by atoms with Crippen LogP contribution in [0.25, 0.3) is 0 Å². The Labute approximate surface area is 69.4 Å². The summed E-state index contributed by atoms with van der Waals surface area (Å²) >= 11 is 0. The summed E-state index contributed by atoms with van der Waals surface area (Å²) in [6.07, 6.45) is 5.54. The fourth-order valence-corrected chi connectivity index (χ4v) is 2.71. The first-order valence-electron chi connectivity index (χ1n) is 4.17. The summed E-state index contributed by atoms with van der Waals surface area (Å²) in [6.45, 7) is 0. The highest BCUT2D eigenvalue weighted by Crippen LogP contribution is 2.61. The second-order valence-corrected chi connectivity index (χ2v) is 3.84. The summed E-state index contributed by atoms with van der Waals surface area (Å²) in [5.74, 6) is -0.466. The van der Waals surface area contributed by atoms with Crippen LogP contribution >= 0.6 is 0 Å². The summed E-state index contributed by atoms with van der Waals surface area (Å²) in [4.78, 5) is 22.5. The predicted octanol–water partition coefficient (Wildman–Crippen LogP) is 0.652. The van der Waals surface area contributed by atoms with Gasteiger partial charge in [-0.05, 0) is 18.8 Å². The highest BCUT2D eigenvalue weighted by molar-refractivity contribution is 6.01. The monoisotopic (exact) mass is 164 g/mol. The zero-order chi connectivity index (χ0) is 8.34. The van der Waals surface area contributed by atoms with Crippen molar-refractivity contribution in [3.63, 3.8) is 0 Å². The molecule has 0 amide bonds. The summed E-state index contributed by atoms with van der Waals surface area (Å²) in [6, 6.07) is 0. The van der Waals surface area contributed by atoms with E-state index >= 15 is 0 Å². The van der Waals surface area contributed by atoms with Crippen LogP contribution < -0.4 is 0 Å². The Kier molecular flexibility index (Phi) is 0.868. The summed E-state index contributed by atoms with van der Waals surface area (Å²) < 4.78 is 4.64. The molecule has 3 rings (SSSR count). The number of carbonyl (C=O) groups excluding carboxylic acids is 2. The Bertz CT molecular complexity index is 318. The summed E-state index contributed by atoms with van der Waals surface area (Å²) in [5, 5.41) is 0. The van der Waals surface area contributed by atoms with E-state index in [2.05, 4.69) is 4.74 Å². The van der Waals surface area contributed by atoms with Crippen LogP contribution in [0.15, 0.2) is 12.2 Å². The van der Waals surface area contributed by atoms with Crippen LogP contribution in [0, 0.1) is 17.3 Å². The molecular weight excluding hydrogens is 156 g/mol. The van der Waals surface area contributed by atoms with Gasteiger partial charge < -0.3 is 4.74 Å². The van der Waals surface area contributed by atoms with Gasteiger partial charge in [0.1, 0.15) is 0 Å². The van der Waals surface area contributed by atoms with Crippen LogP contribution in [0.3, 0.4) is 0 Å². The number of cyclic esters (lactones) is 2. The van der Waals surface area contributed by atoms with E-state index in [1.807, 2.05) is 12.2 Å². The van der Waals surface area contributed by atoms with Gasteiger partial charge in [0.25, 0.3) is 0 Å². The second-order valence-electron chi connectivity index (χ2n) is 3.84. The minimum Gasteiger partial charge on any atom is -0.392 e. The quantitative estimate of drug-likeness (QED) is 0.300. The highest BCUT2D eigenvalue weighted by Gasteiger charge is 2.68. The maximum Gasteiger partial charge on any atom is 0.320 e. The topological polar surface area (TPSA) is 43.4 Å². The molecule has 12 heavy (non-hydrogen) atoms. The van der Waals surface area contributed by atoms with E-state index in [9.17, 15) is 9.59 Å². The van der Waals surface area contributed by atoms with E-state index in [1.54, 1.807) is 0 Å². The van der Waals surface area contributed by atoms with Crippen LogP contribution in [0.4, 0.5) is 0 Å². The highest BCUT2D eigenvalue weighted by atomic mass is 16.6. The molecule has 3 atom stereocenters. The molecule has 62 valence electrons. The molecule has 2 aliphatic carbocycles. The van der Waals surface area contributed by atoms with Crippen LogP contribution in [0.1, 0.15) is 12.8 Å². The largest absolute Gasteiger partial charge is 0.392 e. The Balaban J connectivity index is 2.13. The number of ether oxygens (including phenoxy) is 1. The molecule has 3 nitrogen and oxygen atoms in total. The Morgan fingerprint density at radius 2 is 2.33 bits per heavy atom. The van der Waals surface area contributed by atoms with Gasteiger partial charge in [0.2, 0.25) is 0 Å². The Morgan fingerprint density at radius 1 is 1.50 bits per heavy atom. The standard InChI is InChI=1S/C9H8O3/c10-7-6-5-2-1-3-9(6,4-5)8(11)12-7/h1-2,5-6H,3-4H2/t5-,6-,9?/m1/s1. The van der Waals surface area contributed by atoms with Gasteiger partial charge in [-0.1, -0.05) is 12.2 Å². The van der Waals surface area contributed by atoms with Crippen LogP contribution in [0.5, 0.6) is 0 Å². The van der Waals surface area contributed by atoms with Crippen LogP contribution in [-0.4, -0.2) is 11.9 Å². The molecule has 1 unspecified atom stereocenters. The maximum absolute atomic E-state index is 11.3. The molecule has 1 aliphatic heterocycles. The van der Waals surface area contributed by atoms with Crippen molar-refractivity contribution in [2.45, 2.75) is 12.8 Å². The smallest absolute Gasteiger partial charge is 0.320 e. The van der Waals surface area contributed by atoms with Gasteiger partial charge in [-0.3, -0.25) is 9.59 Å². The molecule has 1 saturated heterocycles. The van der Waals surface area contributed by atoms with Crippen molar-refractivity contribution in [3.8, 4) is 0 Å². The molecular formula is C9H8O3. The van der Waals surface area contributed by atoms with Gasteiger partial charge >= 0.3 is 11.9 Å². The van der Waals surface area contributed by atoms with Gasteiger partial charge in [0, 0.05) is 0 Å². The van der Waals surface area contributed by atoms with Crippen molar-refractivity contribution >= 4 is 11.9 Å². The third-order valence-electron chi connectivity index (χ3n) is 3.34. The van der Waals surface area contributed by atoms with Crippen molar-refractivity contribution in [1.29, 1.82) is 0 Å². The first-order valence-corrected chi connectivity index (χ1v) is 4.17. The number of hydrogen-bond acceptors (Lipinski definition) is 3. The fourth-order valence-electron chi connectivity index (χ4n) is 2.71. The number of carbonyl (C=O) groups is 2. The first kappa shape index (κ1) is 6.40. The Morgan fingerprint density at radius 3 is 3.00 bits per heavy atom. The predicted molar refractivity (Wildman–Crippen MR) is 38.9 cm³/mol. The molecule has 0 aromatic heterocycles. The maximum atomic E-state index is 11.3. The lowest BCUT2D eigenvalue weighted by Gasteiger charge is -2.47. The van der Waals surface area contributed by atoms with E-state index in [1.165, 1.54) is 0 Å². The lowest BCUT2D eigenvalue weighted by atomic mass is 9.51. The molecule has 0 aromatic carbocycles. The van der Waals surface area contributed by atoms with Gasteiger partial charge in [-0.15, -0.1) is 0 Å². The van der Waals surface area contributed by atoms with Crippen molar-refractivity contribution in [1.82, 2.24) is 0 Å². The van der Waals surface area contributed by atoms with E-state index in [4.69, 9.17) is 0 Å². The van der Waals surface area contributed by atoms with Crippen molar-refractivity contribution < 1.29 is 14.3 Å². The third-order valence-corrected chi connectivity index (χ3v) is 3.34. The second kappa shape index (κ2) is 1.63. The van der Waals surface area contributed by atoms with Crippen LogP contribution in [0.2, 0.25) is 0 Å². The normalized spacial score (nSPS) is 48.3. The number of fused-ring (bicyclic) bond motifs is 2. The van der Waals surface area contributed by atoms with Gasteiger partial charge in [0.15, 0.2) is 0 Å². The molecule has 3 heteroatoms.